The predicted octanol–water partition coefficient (Wildman–Crippen LogP) is 1.68. The third-order valence-corrected chi connectivity index (χ3v) is 3.95. The van der Waals surface area contributed by atoms with E-state index in [2.05, 4.69) is 11.0 Å². The lowest BCUT2D eigenvalue weighted by molar-refractivity contribution is 0.0326. The Morgan fingerprint density at radius 3 is 2.73 bits per heavy atom. The lowest BCUT2D eigenvalue weighted by Crippen LogP contribution is -2.43. The van der Waals surface area contributed by atoms with E-state index >= 15 is 0 Å². The zero-order valence-electron chi connectivity index (χ0n) is 13.1. The van der Waals surface area contributed by atoms with E-state index in [1.54, 1.807) is 4.90 Å². The van der Waals surface area contributed by atoms with Gasteiger partial charge in [-0.1, -0.05) is 18.2 Å². The van der Waals surface area contributed by atoms with Crippen molar-refractivity contribution in [3.8, 4) is 6.07 Å². The standard InChI is InChI=1S/C17H23N3O2/c1-15-5-2-3-6-16(15)17(21)20(8-4-7-18)10-9-19-11-13-22-14-12-19/h2-3,5-6H,4,8-14H2,1H3. The Hall–Kier alpha value is -1.90. The Bertz CT molecular complexity index is 533. The SMILES string of the molecule is Cc1ccccc1C(=O)N(CCC#N)CCN1CCOCC1. The Morgan fingerprint density at radius 1 is 1.32 bits per heavy atom. The van der Waals surface area contributed by atoms with E-state index in [-0.39, 0.29) is 5.91 Å². The zero-order valence-corrected chi connectivity index (χ0v) is 13.1. The summed E-state index contributed by atoms with van der Waals surface area (Å²) in [6.45, 7) is 7.22. The molecule has 0 saturated carbocycles. The summed E-state index contributed by atoms with van der Waals surface area (Å²) in [7, 11) is 0. The van der Waals surface area contributed by atoms with E-state index in [4.69, 9.17) is 10.00 Å². The van der Waals surface area contributed by atoms with Gasteiger partial charge in [0.25, 0.3) is 5.91 Å². The summed E-state index contributed by atoms with van der Waals surface area (Å²) in [6.07, 6.45) is 0.362. The van der Waals surface area contributed by atoms with Gasteiger partial charge in [-0.15, -0.1) is 0 Å². The maximum absolute atomic E-state index is 12.7. The maximum Gasteiger partial charge on any atom is 0.254 e. The highest BCUT2D eigenvalue weighted by Gasteiger charge is 2.19. The van der Waals surface area contributed by atoms with E-state index in [1.807, 2.05) is 31.2 Å². The molecule has 1 amide bonds. The molecule has 118 valence electrons. The van der Waals surface area contributed by atoms with Crippen LogP contribution in [0.15, 0.2) is 24.3 Å². The molecule has 0 aromatic heterocycles. The van der Waals surface area contributed by atoms with Gasteiger partial charge in [-0.2, -0.15) is 5.26 Å². The van der Waals surface area contributed by atoms with Gasteiger partial charge in [0, 0.05) is 38.3 Å². The predicted molar refractivity (Wildman–Crippen MR) is 84.6 cm³/mol. The van der Waals surface area contributed by atoms with Gasteiger partial charge in [0.15, 0.2) is 0 Å². The lowest BCUT2D eigenvalue weighted by Gasteiger charge is -2.30. The van der Waals surface area contributed by atoms with Crippen molar-refractivity contribution in [1.29, 1.82) is 5.26 Å². The van der Waals surface area contributed by atoms with Gasteiger partial charge in [0.05, 0.1) is 25.7 Å². The van der Waals surface area contributed by atoms with Gasteiger partial charge < -0.3 is 9.64 Å². The van der Waals surface area contributed by atoms with Gasteiger partial charge in [0.2, 0.25) is 0 Å². The van der Waals surface area contributed by atoms with Gasteiger partial charge in [-0.25, -0.2) is 0 Å². The highest BCUT2D eigenvalue weighted by Crippen LogP contribution is 2.11. The van der Waals surface area contributed by atoms with E-state index < -0.39 is 0 Å². The van der Waals surface area contributed by atoms with Crippen LogP contribution in [0.1, 0.15) is 22.3 Å². The second-order valence-corrected chi connectivity index (χ2v) is 5.47. The summed E-state index contributed by atoms with van der Waals surface area (Å²) in [5.41, 5.74) is 1.70. The van der Waals surface area contributed by atoms with Crippen LogP contribution in [-0.4, -0.2) is 61.6 Å². The fraction of sp³-hybridized carbons (Fsp3) is 0.529. The van der Waals surface area contributed by atoms with E-state index in [0.717, 1.165) is 44.0 Å². The number of hydrogen-bond acceptors (Lipinski definition) is 4. The van der Waals surface area contributed by atoms with Gasteiger partial charge in [-0.05, 0) is 18.6 Å². The summed E-state index contributed by atoms with van der Waals surface area (Å²) >= 11 is 0. The molecule has 5 nitrogen and oxygen atoms in total. The van der Waals surface area contributed by atoms with E-state index in [9.17, 15) is 4.79 Å². The van der Waals surface area contributed by atoms with Crippen molar-refractivity contribution >= 4 is 5.91 Å². The quantitative estimate of drug-likeness (QED) is 0.802. The molecule has 0 N–H and O–H groups in total. The topological polar surface area (TPSA) is 56.6 Å². The summed E-state index contributed by atoms with van der Waals surface area (Å²) in [6, 6.07) is 9.73. The van der Waals surface area contributed by atoms with Crippen molar-refractivity contribution in [3.63, 3.8) is 0 Å². The minimum absolute atomic E-state index is 0.0154. The molecule has 0 bridgehead atoms. The van der Waals surface area contributed by atoms with Crippen LogP contribution in [0.25, 0.3) is 0 Å². The van der Waals surface area contributed by atoms with Crippen molar-refractivity contribution in [1.82, 2.24) is 9.80 Å². The minimum atomic E-state index is 0.0154. The number of carbonyl (C=O) groups is 1. The number of ether oxygens (including phenoxy) is 1. The highest BCUT2D eigenvalue weighted by molar-refractivity contribution is 5.95. The Balaban J connectivity index is 2.00. The first-order valence-corrected chi connectivity index (χ1v) is 7.74. The van der Waals surface area contributed by atoms with Crippen LogP contribution in [-0.2, 0) is 4.74 Å². The van der Waals surface area contributed by atoms with Gasteiger partial charge in [-0.3, -0.25) is 9.69 Å². The van der Waals surface area contributed by atoms with Crippen LogP contribution < -0.4 is 0 Å². The van der Waals surface area contributed by atoms with Crippen molar-refractivity contribution < 1.29 is 9.53 Å². The summed E-state index contributed by atoms with van der Waals surface area (Å²) < 4.78 is 5.34. The van der Waals surface area contributed by atoms with Crippen LogP contribution in [0.3, 0.4) is 0 Å². The third kappa shape index (κ3) is 4.55. The highest BCUT2D eigenvalue weighted by atomic mass is 16.5. The second kappa shape index (κ2) is 8.52. The number of rotatable bonds is 6. The molecule has 1 fully saturated rings. The zero-order chi connectivity index (χ0) is 15.8. The average molecular weight is 301 g/mol. The first kappa shape index (κ1) is 16.5. The average Bonchev–Trinajstić information content (AvgIpc) is 2.56. The van der Waals surface area contributed by atoms with Gasteiger partial charge in [0.1, 0.15) is 0 Å². The summed E-state index contributed by atoms with van der Waals surface area (Å²) in [5.74, 6) is 0.0154. The lowest BCUT2D eigenvalue weighted by atomic mass is 10.1. The van der Waals surface area contributed by atoms with E-state index in [0.29, 0.717) is 19.5 Å². The molecule has 1 heterocycles. The molecule has 22 heavy (non-hydrogen) atoms. The molecule has 2 rings (SSSR count). The minimum Gasteiger partial charge on any atom is -0.379 e. The molecule has 0 aliphatic carbocycles. The molecule has 0 atom stereocenters. The smallest absolute Gasteiger partial charge is 0.254 e. The molecule has 1 saturated heterocycles. The largest absolute Gasteiger partial charge is 0.379 e. The fourth-order valence-corrected chi connectivity index (χ4v) is 2.57. The molecule has 0 radical (unpaired) electrons. The Kier molecular flexibility index (Phi) is 6.38. The van der Waals surface area contributed by atoms with Crippen LogP contribution in [0, 0.1) is 18.3 Å². The molecule has 5 heteroatoms. The number of hydrogen-bond donors (Lipinski definition) is 0. The normalized spacial score (nSPS) is 15.3. The van der Waals surface area contributed by atoms with Crippen molar-refractivity contribution in [2.75, 3.05) is 45.9 Å². The van der Waals surface area contributed by atoms with Crippen molar-refractivity contribution in [2.24, 2.45) is 0 Å². The molecule has 1 aromatic carbocycles. The molecular formula is C17H23N3O2. The van der Waals surface area contributed by atoms with Crippen molar-refractivity contribution in [2.45, 2.75) is 13.3 Å². The molecule has 1 aliphatic heterocycles. The monoisotopic (exact) mass is 301 g/mol. The van der Waals surface area contributed by atoms with Gasteiger partial charge >= 0.3 is 0 Å². The third-order valence-electron chi connectivity index (χ3n) is 3.95. The number of nitrogens with zero attached hydrogens (tertiary/aromatic N) is 3. The first-order valence-electron chi connectivity index (χ1n) is 7.74. The molecule has 1 aliphatic rings. The summed E-state index contributed by atoms with van der Waals surface area (Å²) in [5, 5.41) is 8.82. The Morgan fingerprint density at radius 2 is 2.05 bits per heavy atom. The molecular weight excluding hydrogens is 278 g/mol. The molecule has 1 aromatic rings. The number of aryl methyl sites for hydroxylation is 1. The van der Waals surface area contributed by atoms with Crippen LogP contribution >= 0.6 is 0 Å². The molecule has 0 unspecified atom stereocenters. The van der Waals surface area contributed by atoms with E-state index in [1.165, 1.54) is 0 Å². The maximum atomic E-state index is 12.7. The van der Waals surface area contributed by atoms with Crippen molar-refractivity contribution in [3.05, 3.63) is 35.4 Å². The fourth-order valence-electron chi connectivity index (χ4n) is 2.57. The van der Waals surface area contributed by atoms with Crippen LogP contribution in [0.5, 0.6) is 0 Å². The Labute approximate surface area is 132 Å². The number of amides is 1. The second-order valence-electron chi connectivity index (χ2n) is 5.47. The first-order chi connectivity index (χ1) is 10.7. The number of carbonyl (C=O) groups excluding carboxylic acids is 1. The number of benzene rings is 1. The number of nitriles is 1. The van der Waals surface area contributed by atoms with Crippen LogP contribution in [0.4, 0.5) is 0 Å². The summed E-state index contributed by atoms with van der Waals surface area (Å²) in [4.78, 5) is 16.8. The number of morpholine rings is 1. The molecule has 0 spiro atoms. The van der Waals surface area contributed by atoms with Crippen LogP contribution in [0.2, 0.25) is 0 Å².